The SMILES string of the molecule is CN(C)c1ccc([C@H]2CSc3ccccc3C2)cc1. The van der Waals surface area contributed by atoms with Crippen LogP contribution in [0.3, 0.4) is 0 Å². The highest BCUT2D eigenvalue weighted by molar-refractivity contribution is 7.99. The Bertz CT molecular complexity index is 560. The van der Waals surface area contributed by atoms with Crippen LogP contribution in [0.1, 0.15) is 17.0 Å². The van der Waals surface area contributed by atoms with Crippen LogP contribution in [0.2, 0.25) is 0 Å². The third-order valence-corrected chi connectivity index (χ3v) is 5.04. The molecule has 1 atom stereocenters. The number of nitrogens with zero attached hydrogens (tertiary/aromatic N) is 1. The average molecular weight is 269 g/mol. The molecule has 0 saturated carbocycles. The number of benzene rings is 2. The zero-order valence-electron chi connectivity index (χ0n) is 11.5. The van der Waals surface area contributed by atoms with Crippen LogP contribution in [0.25, 0.3) is 0 Å². The minimum Gasteiger partial charge on any atom is -0.378 e. The topological polar surface area (TPSA) is 3.24 Å². The summed E-state index contributed by atoms with van der Waals surface area (Å²) in [4.78, 5) is 3.61. The summed E-state index contributed by atoms with van der Waals surface area (Å²) in [7, 11) is 4.17. The van der Waals surface area contributed by atoms with Crippen LogP contribution in [-0.4, -0.2) is 19.8 Å². The van der Waals surface area contributed by atoms with Crippen LogP contribution in [0.4, 0.5) is 5.69 Å². The fraction of sp³-hybridized carbons (Fsp3) is 0.294. The lowest BCUT2D eigenvalue weighted by atomic mass is 9.93. The van der Waals surface area contributed by atoms with Crippen LogP contribution < -0.4 is 4.90 Å². The van der Waals surface area contributed by atoms with Crippen LogP contribution in [0.5, 0.6) is 0 Å². The van der Waals surface area contributed by atoms with Gasteiger partial charge in [0.05, 0.1) is 0 Å². The van der Waals surface area contributed by atoms with Gasteiger partial charge in [0.1, 0.15) is 0 Å². The lowest BCUT2D eigenvalue weighted by Crippen LogP contribution is -2.12. The molecule has 0 fully saturated rings. The summed E-state index contributed by atoms with van der Waals surface area (Å²) in [6, 6.07) is 17.8. The Kier molecular flexibility index (Phi) is 3.52. The zero-order valence-corrected chi connectivity index (χ0v) is 12.3. The maximum Gasteiger partial charge on any atom is 0.0361 e. The predicted octanol–water partition coefficient (Wildman–Crippen LogP) is 4.18. The molecule has 2 aromatic carbocycles. The number of thioether (sulfide) groups is 1. The molecule has 1 aliphatic heterocycles. The molecule has 3 rings (SSSR count). The van der Waals surface area contributed by atoms with E-state index < -0.39 is 0 Å². The van der Waals surface area contributed by atoms with Crippen LogP contribution >= 0.6 is 11.8 Å². The molecule has 0 spiro atoms. The van der Waals surface area contributed by atoms with Crippen molar-refractivity contribution in [2.75, 3.05) is 24.7 Å². The first-order valence-electron chi connectivity index (χ1n) is 6.72. The van der Waals surface area contributed by atoms with Crippen molar-refractivity contribution >= 4 is 17.4 Å². The molecule has 1 heterocycles. The van der Waals surface area contributed by atoms with Crippen molar-refractivity contribution in [3.8, 4) is 0 Å². The Balaban J connectivity index is 1.81. The highest BCUT2D eigenvalue weighted by Gasteiger charge is 2.20. The summed E-state index contributed by atoms with van der Waals surface area (Å²) < 4.78 is 0. The second kappa shape index (κ2) is 5.30. The quantitative estimate of drug-likeness (QED) is 0.804. The molecular weight excluding hydrogens is 250 g/mol. The summed E-state index contributed by atoms with van der Waals surface area (Å²) in [6.07, 6.45) is 1.17. The largest absolute Gasteiger partial charge is 0.378 e. The Morgan fingerprint density at radius 3 is 2.47 bits per heavy atom. The first-order valence-corrected chi connectivity index (χ1v) is 7.70. The van der Waals surface area contributed by atoms with E-state index in [4.69, 9.17) is 0 Å². The molecule has 0 aliphatic carbocycles. The molecule has 19 heavy (non-hydrogen) atoms. The van der Waals surface area contributed by atoms with Crippen molar-refractivity contribution in [2.45, 2.75) is 17.2 Å². The maximum absolute atomic E-state index is 2.29. The van der Waals surface area contributed by atoms with Gasteiger partial charge in [-0.25, -0.2) is 0 Å². The second-order valence-electron chi connectivity index (χ2n) is 5.31. The Hall–Kier alpha value is -1.41. The first-order chi connectivity index (χ1) is 9.24. The van der Waals surface area contributed by atoms with Crippen LogP contribution in [0, 0.1) is 0 Å². The number of anilines is 1. The van der Waals surface area contributed by atoms with Gasteiger partial charge in [0.2, 0.25) is 0 Å². The lowest BCUT2D eigenvalue weighted by molar-refractivity contribution is 0.746. The third-order valence-electron chi connectivity index (χ3n) is 3.76. The standard InChI is InChI=1S/C17H19NS/c1-18(2)16-9-7-13(8-10-16)15-11-14-5-3-4-6-17(14)19-12-15/h3-10,15H,11-12H2,1-2H3/t15-/m1/s1. The third kappa shape index (κ3) is 2.64. The van der Waals surface area contributed by atoms with Gasteiger partial charge < -0.3 is 4.90 Å². The number of hydrogen-bond donors (Lipinski definition) is 0. The highest BCUT2D eigenvalue weighted by atomic mass is 32.2. The van der Waals surface area contributed by atoms with E-state index in [-0.39, 0.29) is 0 Å². The Morgan fingerprint density at radius 1 is 1.00 bits per heavy atom. The van der Waals surface area contributed by atoms with Crippen LogP contribution in [0.15, 0.2) is 53.4 Å². The molecular formula is C17H19NS. The Labute approximate surface area is 119 Å². The average Bonchev–Trinajstić information content (AvgIpc) is 2.47. The molecule has 2 aromatic rings. The summed E-state index contributed by atoms with van der Waals surface area (Å²) in [5, 5.41) is 0. The summed E-state index contributed by atoms with van der Waals surface area (Å²) >= 11 is 1.99. The predicted molar refractivity (Wildman–Crippen MR) is 84.4 cm³/mol. The molecule has 0 radical (unpaired) electrons. The van der Waals surface area contributed by atoms with Gasteiger partial charge in [-0.1, -0.05) is 30.3 Å². The Morgan fingerprint density at radius 2 is 1.74 bits per heavy atom. The van der Waals surface area contributed by atoms with Crippen molar-refractivity contribution in [2.24, 2.45) is 0 Å². The molecule has 0 aromatic heterocycles. The van der Waals surface area contributed by atoms with Gasteiger partial charge >= 0.3 is 0 Å². The minimum absolute atomic E-state index is 0.649. The van der Waals surface area contributed by atoms with Crippen molar-refractivity contribution < 1.29 is 0 Å². The van der Waals surface area contributed by atoms with Gasteiger partial charge in [0, 0.05) is 30.4 Å². The maximum atomic E-state index is 2.29. The van der Waals surface area contributed by atoms with E-state index in [0.717, 1.165) is 0 Å². The van der Waals surface area contributed by atoms with Gasteiger partial charge in [0.15, 0.2) is 0 Å². The smallest absolute Gasteiger partial charge is 0.0361 e. The molecule has 0 amide bonds. The van der Waals surface area contributed by atoms with E-state index in [0.29, 0.717) is 5.92 Å². The van der Waals surface area contributed by atoms with Crippen molar-refractivity contribution in [3.05, 3.63) is 59.7 Å². The molecule has 1 aliphatic rings. The fourth-order valence-electron chi connectivity index (χ4n) is 2.59. The summed E-state index contributed by atoms with van der Waals surface area (Å²) in [6.45, 7) is 0. The molecule has 0 N–H and O–H groups in total. The van der Waals surface area contributed by atoms with Crippen molar-refractivity contribution in [1.82, 2.24) is 0 Å². The van der Waals surface area contributed by atoms with E-state index in [2.05, 4.69) is 67.5 Å². The normalized spacial score (nSPS) is 17.9. The van der Waals surface area contributed by atoms with Gasteiger partial charge in [-0.05, 0) is 41.7 Å². The van der Waals surface area contributed by atoms with Gasteiger partial charge in [0.25, 0.3) is 0 Å². The van der Waals surface area contributed by atoms with E-state index in [9.17, 15) is 0 Å². The van der Waals surface area contributed by atoms with E-state index >= 15 is 0 Å². The molecule has 0 bridgehead atoms. The van der Waals surface area contributed by atoms with E-state index in [1.807, 2.05) is 11.8 Å². The lowest BCUT2D eigenvalue weighted by Gasteiger charge is -2.25. The molecule has 0 unspecified atom stereocenters. The summed E-state index contributed by atoms with van der Waals surface area (Å²) in [5.74, 6) is 1.84. The molecule has 1 nitrogen and oxygen atoms in total. The van der Waals surface area contributed by atoms with E-state index in [1.165, 1.54) is 33.9 Å². The van der Waals surface area contributed by atoms with Gasteiger partial charge in [-0.15, -0.1) is 11.8 Å². The number of fused-ring (bicyclic) bond motifs is 1. The molecule has 2 heteroatoms. The highest BCUT2D eigenvalue weighted by Crippen LogP contribution is 2.37. The molecule has 0 saturated heterocycles. The van der Waals surface area contributed by atoms with Crippen molar-refractivity contribution in [3.63, 3.8) is 0 Å². The first kappa shape index (κ1) is 12.6. The molecule has 98 valence electrons. The number of rotatable bonds is 2. The van der Waals surface area contributed by atoms with Crippen molar-refractivity contribution in [1.29, 1.82) is 0 Å². The number of hydrogen-bond acceptors (Lipinski definition) is 2. The second-order valence-corrected chi connectivity index (χ2v) is 6.37. The van der Waals surface area contributed by atoms with Crippen LogP contribution in [-0.2, 0) is 6.42 Å². The summed E-state index contributed by atoms with van der Waals surface area (Å²) in [5.41, 5.74) is 4.24. The monoisotopic (exact) mass is 269 g/mol. The minimum atomic E-state index is 0.649. The van der Waals surface area contributed by atoms with Gasteiger partial charge in [-0.3, -0.25) is 0 Å². The van der Waals surface area contributed by atoms with Gasteiger partial charge in [-0.2, -0.15) is 0 Å². The van der Waals surface area contributed by atoms with E-state index in [1.54, 1.807) is 0 Å². The fourth-order valence-corrected chi connectivity index (χ4v) is 3.79. The zero-order chi connectivity index (χ0) is 13.2.